The first-order valence-electron chi connectivity index (χ1n) is 7.20. The lowest BCUT2D eigenvalue weighted by Crippen LogP contribution is -1.97. The average Bonchev–Trinajstić information content (AvgIpc) is 2.57. The van der Waals surface area contributed by atoms with Gasteiger partial charge in [-0.05, 0) is 41.0 Å². The number of hydrogen-bond acceptors (Lipinski definition) is 2. The van der Waals surface area contributed by atoms with Crippen LogP contribution in [0.15, 0.2) is 60.7 Å². The highest BCUT2D eigenvalue weighted by Crippen LogP contribution is 2.29. The van der Waals surface area contributed by atoms with Crippen molar-refractivity contribution in [2.24, 2.45) is 0 Å². The van der Waals surface area contributed by atoms with Crippen molar-refractivity contribution >= 4 is 17.9 Å². The second-order valence-electron chi connectivity index (χ2n) is 5.22. The Kier molecular flexibility index (Phi) is 4.81. The summed E-state index contributed by atoms with van der Waals surface area (Å²) in [5, 5.41) is -0.831. The molecule has 0 N–H and O–H groups in total. The Labute approximate surface area is 147 Å². The van der Waals surface area contributed by atoms with Crippen LogP contribution in [-0.4, -0.2) is 5.30 Å². The number of carbonyl (C=O) groups excluding carboxylic acids is 1. The van der Waals surface area contributed by atoms with Crippen molar-refractivity contribution in [1.82, 2.24) is 0 Å². The van der Waals surface area contributed by atoms with Crippen LogP contribution in [0.25, 0.3) is 22.3 Å². The van der Waals surface area contributed by atoms with Crippen LogP contribution in [0.1, 0.15) is 0 Å². The first-order chi connectivity index (χ1) is 11.9. The maximum atomic E-state index is 14.2. The van der Waals surface area contributed by atoms with E-state index in [9.17, 15) is 18.0 Å². The molecule has 2 nitrogen and oxygen atoms in total. The fraction of sp³-hybridized carbons (Fsp3) is 0. The van der Waals surface area contributed by atoms with Crippen LogP contribution in [0.2, 0.25) is 0 Å². The number of hydrogen-bond donors (Lipinski definition) is 1. The van der Waals surface area contributed by atoms with Crippen molar-refractivity contribution in [2.45, 2.75) is 0 Å². The summed E-state index contributed by atoms with van der Waals surface area (Å²) < 4.78 is 45.2. The lowest BCUT2D eigenvalue weighted by Gasteiger charge is -2.08. The number of rotatable bonds is 3. The second kappa shape index (κ2) is 7.03. The molecule has 0 atom stereocenters. The Balaban J connectivity index is 1.89. The fourth-order valence-electron chi connectivity index (χ4n) is 2.41. The molecule has 0 heterocycles. The van der Waals surface area contributed by atoms with Gasteiger partial charge in [0, 0.05) is 11.6 Å². The van der Waals surface area contributed by atoms with Gasteiger partial charge in [0.15, 0.2) is 11.6 Å². The number of thiol groups is 1. The molecule has 0 aliphatic rings. The van der Waals surface area contributed by atoms with Gasteiger partial charge in [-0.3, -0.25) is 0 Å². The Morgan fingerprint density at radius 3 is 1.96 bits per heavy atom. The minimum atomic E-state index is -0.929. The predicted molar refractivity (Wildman–Crippen MR) is 92.2 cm³/mol. The molecular weight excluding hydrogens is 349 g/mol. The lowest BCUT2D eigenvalue weighted by molar-refractivity contribution is 0.227. The maximum Gasteiger partial charge on any atom is 0.369 e. The third-order valence-electron chi connectivity index (χ3n) is 3.59. The molecule has 0 radical (unpaired) electrons. The number of benzene rings is 3. The van der Waals surface area contributed by atoms with Crippen molar-refractivity contribution in [3.8, 4) is 28.0 Å². The molecule has 0 unspecified atom stereocenters. The summed E-state index contributed by atoms with van der Waals surface area (Å²) in [5.41, 5.74) is 2.09. The smallest absolute Gasteiger partial charge is 0.369 e. The van der Waals surface area contributed by atoms with Crippen LogP contribution in [-0.2, 0) is 0 Å². The van der Waals surface area contributed by atoms with E-state index in [1.807, 2.05) is 0 Å². The van der Waals surface area contributed by atoms with Gasteiger partial charge in [-0.1, -0.05) is 43.0 Å². The van der Waals surface area contributed by atoms with Gasteiger partial charge in [-0.25, -0.2) is 18.0 Å². The average molecular weight is 360 g/mol. The number of ether oxygens (including phenoxy) is 1. The van der Waals surface area contributed by atoms with E-state index in [0.717, 1.165) is 18.2 Å². The molecule has 0 amide bonds. The lowest BCUT2D eigenvalue weighted by atomic mass is 10.00. The first kappa shape index (κ1) is 17.1. The highest BCUT2D eigenvalue weighted by Gasteiger charge is 2.09. The summed E-state index contributed by atoms with van der Waals surface area (Å²) in [7, 11) is 0. The Morgan fingerprint density at radius 1 is 0.720 bits per heavy atom. The molecule has 3 aromatic carbocycles. The van der Waals surface area contributed by atoms with E-state index in [1.165, 1.54) is 18.2 Å². The topological polar surface area (TPSA) is 26.3 Å². The molecule has 3 rings (SSSR count). The molecule has 0 saturated carbocycles. The summed E-state index contributed by atoms with van der Waals surface area (Å²) in [4.78, 5) is 10.8. The zero-order valence-electron chi connectivity index (χ0n) is 12.7. The monoisotopic (exact) mass is 360 g/mol. The highest BCUT2D eigenvalue weighted by molar-refractivity contribution is 7.96. The molecular formula is C19H11F3O2S. The molecule has 0 saturated heterocycles. The summed E-state index contributed by atoms with van der Waals surface area (Å²) in [6.45, 7) is 0. The van der Waals surface area contributed by atoms with Gasteiger partial charge >= 0.3 is 5.30 Å². The molecule has 6 heteroatoms. The van der Waals surface area contributed by atoms with E-state index < -0.39 is 22.8 Å². The molecule has 0 aromatic heterocycles. The Bertz CT molecular complexity index is 940. The standard InChI is InChI=1S/C19H11F3O2S/c20-16-8-5-13(9-18(16)22)11-1-3-12(4-2-11)15-7-6-14(10-17(15)21)24-19(23)25/h1-10H,(H,23,25). The molecule has 0 bridgehead atoms. The highest BCUT2D eigenvalue weighted by atomic mass is 32.1. The van der Waals surface area contributed by atoms with E-state index in [4.69, 9.17) is 4.74 Å². The van der Waals surface area contributed by atoms with Gasteiger partial charge < -0.3 is 4.74 Å². The minimum absolute atomic E-state index is 0.0552. The van der Waals surface area contributed by atoms with Crippen molar-refractivity contribution in [2.75, 3.05) is 0 Å². The van der Waals surface area contributed by atoms with E-state index >= 15 is 0 Å². The third-order valence-corrected chi connectivity index (χ3v) is 3.69. The van der Waals surface area contributed by atoms with Gasteiger partial charge in [-0.15, -0.1) is 0 Å². The van der Waals surface area contributed by atoms with Crippen molar-refractivity contribution < 1.29 is 22.7 Å². The fourth-order valence-corrected chi connectivity index (χ4v) is 2.52. The Hall–Kier alpha value is -2.73. The zero-order chi connectivity index (χ0) is 18.0. The molecule has 0 spiro atoms. The van der Waals surface area contributed by atoms with Crippen LogP contribution in [0.3, 0.4) is 0 Å². The molecule has 3 aromatic rings. The van der Waals surface area contributed by atoms with Crippen molar-refractivity contribution in [3.63, 3.8) is 0 Å². The van der Waals surface area contributed by atoms with E-state index in [1.54, 1.807) is 24.3 Å². The predicted octanol–water partition coefficient (Wildman–Crippen LogP) is 5.87. The second-order valence-corrected chi connectivity index (χ2v) is 5.58. The van der Waals surface area contributed by atoms with E-state index in [0.29, 0.717) is 22.3 Å². The van der Waals surface area contributed by atoms with Gasteiger partial charge in [0.2, 0.25) is 0 Å². The summed E-state index contributed by atoms with van der Waals surface area (Å²) in [5.74, 6) is -2.35. The zero-order valence-corrected chi connectivity index (χ0v) is 13.6. The molecule has 25 heavy (non-hydrogen) atoms. The van der Waals surface area contributed by atoms with Crippen LogP contribution in [0.5, 0.6) is 5.75 Å². The van der Waals surface area contributed by atoms with E-state index in [2.05, 4.69) is 12.6 Å². The summed E-state index contributed by atoms with van der Waals surface area (Å²) >= 11 is 3.47. The maximum absolute atomic E-state index is 14.2. The third kappa shape index (κ3) is 3.85. The molecule has 0 fully saturated rings. The number of halogens is 3. The SMILES string of the molecule is O=C(S)Oc1ccc(-c2ccc(-c3ccc(F)c(F)c3)cc2)c(F)c1. The molecule has 126 valence electrons. The van der Waals surface area contributed by atoms with Gasteiger partial charge in [0.25, 0.3) is 0 Å². The molecule has 0 aliphatic carbocycles. The normalized spacial score (nSPS) is 10.6. The summed E-state index contributed by atoms with van der Waals surface area (Å²) in [6.07, 6.45) is 0. The number of carbonyl (C=O) groups is 1. The van der Waals surface area contributed by atoms with E-state index in [-0.39, 0.29) is 5.75 Å². The molecule has 0 aliphatic heterocycles. The van der Waals surface area contributed by atoms with Crippen molar-refractivity contribution in [3.05, 3.63) is 78.1 Å². The van der Waals surface area contributed by atoms with Crippen LogP contribution in [0, 0.1) is 17.5 Å². The van der Waals surface area contributed by atoms with Crippen LogP contribution < -0.4 is 4.74 Å². The first-order valence-corrected chi connectivity index (χ1v) is 7.65. The van der Waals surface area contributed by atoms with Crippen molar-refractivity contribution in [1.29, 1.82) is 0 Å². The summed E-state index contributed by atoms with van der Waals surface area (Å²) in [6, 6.07) is 14.3. The quantitative estimate of drug-likeness (QED) is 0.467. The Morgan fingerprint density at radius 2 is 1.36 bits per heavy atom. The van der Waals surface area contributed by atoms with Gasteiger partial charge in [-0.2, -0.15) is 0 Å². The van der Waals surface area contributed by atoms with Gasteiger partial charge in [0.05, 0.1) is 0 Å². The van der Waals surface area contributed by atoms with Gasteiger partial charge in [0.1, 0.15) is 11.6 Å². The van der Waals surface area contributed by atoms with Crippen LogP contribution in [0.4, 0.5) is 18.0 Å². The minimum Gasteiger partial charge on any atom is -0.418 e. The van der Waals surface area contributed by atoms with Crippen LogP contribution >= 0.6 is 12.6 Å². The largest absolute Gasteiger partial charge is 0.418 e.